The minimum absolute atomic E-state index is 1.08. The van der Waals surface area contributed by atoms with Crippen molar-refractivity contribution in [2.75, 3.05) is 0 Å². The van der Waals surface area contributed by atoms with E-state index in [0.29, 0.717) is 0 Å². The van der Waals surface area contributed by atoms with Crippen LogP contribution in [0.2, 0.25) is 0 Å². The summed E-state index contributed by atoms with van der Waals surface area (Å²) in [6, 6.07) is 0. The zero-order valence-corrected chi connectivity index (χ0v) is 11.5. The molecule has 92 valence electrons. The van der Waals surface area contributed by atoms with E-state index in [1.165, 1.54) is 16.7 Å². The zero-order chi connectivity index (χ0) is 13.1. The average molecular weight is 228 g/mol. The Morgan fingerprint density at radius 1 is 1.12 bits per heavy atom. The molecule has 0 aromatic carbocycles. The molecule has 0 unspecified atom stereocenters. The Labute approximate surface area is 106 Å². The average Bonchev–Trinajstić information content (AvgIpc) is 2.35. The number of hydrogen-bond acceptors (Lipinski definition) is 0. The summed E-state index contributed by atoms with van der Waals surface area (Å²) >= 11 is 0. The molecule has 0 N–H and O–H groups in total. The first-order chi connectivity index (χ1) is 8.19. The molecule has 0 nitrogen and oxygen atoms in total. The summed E-state index contributed by atoms with van der Waals surface area (Å²) in [6.07, 6.45) is 17.5. The van der Waals surface area contributed by atoms with Gasteiger partial charge in [0, 0.05) is 0 Å². The smallest absolute Gasteiger partial charge is 0.0188 e. The predicted octanol–water partition coefficient (Wildman–Crippen LogP) is 5.53. The van der Waals surface area contributed by atoms with Gasteiger partial charge in [0.05, 0.1) is 0 Å². The highest BCUT2D eigenvalue weighted by Gasteiger charge is 1.97. The Hall–Kier alpha value is -1.56. The Morgan fingerprint density at radius 2 is 1.82 bits per heavy atom. The highest BCUT2D eigenvalue weighted by Crippen LogP contribution is 2.17. The second-order valence-corrected chi connectivity index (χ2v) is 3.83. The van der Waals surface area contributed by atoms with Crippen LogP contribution >= 0.6 is 0 Å². The lowest BCUT2D eigenvalue weighted by molar-refractivity contribution is 1.09. The first-order valence-electron chi connectivity index (χ1n) is 6.15. The van der Waals surface area contributed by atoms with Crippen molar-refractivity contribution in [2.45, 2.75) is 34.1 Å². The van der Waals surface area contributed by atoms with Crippen LogP contribution in [0.25, 0.3) is 0 Å². The molecule has 0 fully saturated rings. The topological polar surface area (TPSA) is 0 Å². The van der Waals surface area contributed by atoms with Crippen LogP contribution in [0, 0.1) is 0 Å². The van der Waals surface area contributed by atoms with Gasteiger partial charge in [-0.15, -0.1) is 0 Å². The minimum atomic E-state index is 1.08. The fraction of sp³-hybridized carbons (Fsp3) is 0.294. The van der Waals surface area contributed by atoms with Gasteiger partial charge >= 0.3 is 0 Å². The molecule has 0 amide bonds. The molecule has 0 bridgehead atoms. The van der Waals surface area contributed by atoms with Crippen molar-refractivity contribution in [2.24, 2.45) is 0 Å². The van der Waals surface area contributed by atoms with Crippen molar-refractivity contribution in [3.05, 3.63) is 71.9 Å². The van der Waals surface area contributed by atoms with Gasteiger partial charge in [0.2, 0.25) is 0 Å². The molecule has 0 heterocycles. The molecule has 17 heavy (non-hydrogen) atoms. The van der Waals surface area contributed by atoms with Gasteiger partial charge in [-0.2, -0.15) is 0 Å². The molecule has 0 aliphatic carbocycles. The highest BCUT2D eigenvalue weighted by molar-refractivity contribution is 5.49. The lowest BCUT2D eigenvalue weighted by atomic mass is 10.0. The summed E-state index contributed by atoms with van der Waals surface area (Å²) in [5.41, 5.74) is 3.84. The molecule has 0 saturated carbocycles. The quantitative estimate of drug-likeness (QED) is 0.524. The van der Waals surface area contributed by atoms with Crippen LogP contribution in [-0.4, -0.2) is 0 Å². The lowest BCUT2D eigenvalue weighted by Crippen LogP contribution is -1.85. The van der Waals surface area contributed by atoms with Crippen LogP contribution in [-0.2, 0) is 0 Å². The van der Waals surface area contributed by atoms with Crippen LogP contribution < -0.4 is 0 Å². The van der Waals surface area contributed by atoms with Crippen molar-refractivity contribution >= 4 is 0 Å². The Morgan fingerprint density at radius 3 is 2.29 bits per heavy atom. The molecule has 0 atom stereocenters. The lowest BCUT2D eigenvalue weighted by Gasteiger charge is -2.04. The van der Waals surface area contributed by atoms with Crippen molar-refractivity contribution in [3.8, 4) is 0 Å². The number of rotatable bonds is 6. The fourth-order valence-corrected chi connectivity index (χ4v) is 1.33. The molecular weight excluding hydrogens is 204 g/mol. The van der Waals surface area contributed by atoms with Gasteiger partial charge in [-0.3, -0.25) is 0 Å². The van der Waals surface area contributed by atoms with Crippen LogP contribution in [0.5, 0.6) is 0 Å². The van der Waals surface area contributed by atoms with E-state index in [9.17, 15) is 0 Å². The molecule has 0 rings (SSSR count). The second kappa shape index (κ2) is 9.65. The summed E-state index contributed by atoms with van der Waals surface area (Å²) in [5.74, 6) is 0. The van der Waals surface area contributed by atoms with Crippen molar-refractivity contribution in [1.29, 1.82) is 0 Å². The van der Waals surface area contributed by atoms with E-state index in [1.807, 2.05) is 19.1 Å². The van der Waals surface area contributed by atoms with E-state index in [4.69, 9.17) is 0 Å². The largest absolute Gasteiger partial charge is 0.0991 e. The number of allylic oxidation sites excluding steroid dienone is 11. The monoisotopic (exact) mass is 228 g/mol. The van der Waals surface area contributed by atoms with Gasteiger partial charge in [-0.25, -0.2) is 0 Å². The first kappa shape index (κ1) is 15.4. The summed E-state index contributed by atoms with van der Waals surface area (Å²) < 4.78 is 0. The van der Waals surface area contributed by atoms with E-state index in [1.54, 1.807) is 6.08 Å². The maximum absolute atomic E-state index is 3.70. The van der Waals surface area contributed by atoms with E-state index >= 15 is 0 Å². The van der Waals surface area contributed by atoms with Crippen LogP contribution in [0.15, 0.2) is 71.9 Å². The third kappa shape index (κ3) is 6.57. The van der Waals surface area contributed by atoms with E-state index in [-0.39, 0.29) is 0 Å². The summed E-state index contributed by atoms with van der Waals surface area (Å²) in [5, 5.41) is 0. The molecule has 0 aromatic rings. The molecule has 0 spiro atoms. The molecule has 0 aliphatic heterocycles. The van der Waals surface area contributed by atoms with Crippen molar-refractivity contribution in [1.82, 2.24) is 0 Å². The van der Waals surface area contributed by atoms with Gasteiger partial charge in [0.25, 0.3) is 0 Å². The molecular formula is C17H24. The van der Waals surface area contributed by atoms with Crippen LogP contribution in [0.1, 0.15) is 34.1 Å². The maximum Gasteiger partial charge on any atom is -0.0188 e. The molecule has 0 aromatic heterocycles. The third-order valence-corrected chi connectivity index (χ3v) is 2.48. The minimum Gasteiger partial charge on any atom is -0.0991 e. The maximum atomic E-state index is 3.70. The zero-order valence-electron chi connectivity index (χ0n) is 11.5. The first-order valence-corrected chi connectivity index (χ1v) is 6.15. The number of hydrogen-bond donors (Lipinski definition) is 0. The molecule has 0 radical (unpaired) electrons. The normalized spacial score (nSPS) is 14.9. The predicted molar refractivity (Wildman–Crippen MR) is 80.0 cm³/mol. The Kier molecular flexibility index (Phi) is 8.77. The van der Waals surface area contributed by atoms with E-state index in [0.717, 1.165) is 6.42 Å². The van der Waals surface area contributed by atoms with Gasteiger partial charge in [0.1, 0.15) is 0 Å². The third-order valence-electron chi connectivity index (χ3n) is 2.48. The van der Waals surface area contributed by atoms with Gasteiger partial charge in [-0.1, -0.05) is 67.7 Å². The van der Waals surface area contributed by atoms with Gasteiger partial charge in [0.15, 0.2) is 0 Å². The van der Waals surface area contributed by atoms with Crippen LogP contribution in [0.3, 0.4) is 0 Å². The van der Waals surface area contributed by atoms with Crippen molar-refractivity contribution < 1.29 is 0 Å². The molecule has 0 aliphatic rings. The highest BCUT2D eigenvalue weighted by atomic mass is 14.0. The Balaban J connectivity index is 5.30. The second-order valence-electron chi connectivity index (χ2n) is 3.83. The van der Waals surface area contributed by atoms with Crippen molar-refractivity contribution in [3.63, 3.8) is 0 Å². The van der Waals surface area contributed by atoms with E-state index in [2.05, 4.69) is 57.7 Å². The SMILES string of the molecule is C=C\C=C/C(=C\C)C(/C=C(C)CC)=C/C=C\C. The summed E-state index contributed by atoms with van der Waals surface area (Å²) in [6.45, 7) is 12.1. The van der Waals surface area contributed by atoms with Gasteiger partial charge in [-0.05, 0) is 38.3 Å². The van der Waals surface area contributed by atoms with Gasteiger partial charge < -0.3 is 0 Å². The molecule has 0 heteroatoms. The summed E-state index contributed by atoms with van der Waals surface area (Å²) in [4.78, 5) is 0. The Bertz CT molecular complexity index is 371. The standard InChI is InChI=1S/C17H24/c1-6-10-12-16(9-4)17(13-11-7-2)14-15(5)8-3/h6-7,9-14H,1,8H2,2-5H3/b11-7-,12-10-,15-14?,16-9+,17-13+. The fourth-order valence-electron chi connectivity index (χ4n) is 1.33. The van der Waals surface area contributed by atoms with Crippen LogP contribution in [0.4, 0.5) is 0 Å². The summed E-state index contributed by atoms with van der Waals surface area (Å²) in [7, 11) is 0. The van der Waals surface area contributed by atoms with E-state index < -0.39 is 0 Å². The molecule has 0 saturated heterocycles.